The maximum absolute atomic E-state index is 5.45. The second-order valence-corrected chi connectivity index (χ2v) is 6.88. The van der Waals surface area contributed by atoms with Crippen LogP contribution in [0.3, 0.4) is 0 Å². The van der Waals surface area contributed by atoms with E-state index in [1.165, 1.54) is 9.77 Å². The van der Waals surface area contributed by atoms with Gasteiger partial charge in [-0.05, 0) is 12.5 Å². The molecule has 2 aromatic rings. The third kappa shape index (κ3) is 1.61. The van der Waals surface area contributed by atoms with E-state index < -0.39 is 0 Å². The van der Waals surface area contributed by atoms with Crippen molar-refractivity contribution in [2.45, 2.75) is 17.1 Å². The lowest BCUT2D eigenvalue weighted by molar-refractivity contribution is 1.01. The van der Waals surface area contributed by atoms with E-state index in [-0.39, 0.29) is 5.92 Å². The van der Waals surface area contributed by atoms with Gasteiger partial charge < -0.3 is 0 Å². The number of benzene rings is 1. The third-order valence-corrected chi connectivity index (χ3v) is 5.16. The summed E-state index contributed by atoms with van der Waals surface area (Å²) in [6.07, 6.45) is 0. The van der Waals surface area contributed by atoms with Crippen molar-refractivity contribution in [3.63, 3.8) is 0 Å². The van der Waals surface area contributed by atoms with Crippen LogP contribution in [0.4, 0.5) is 0 Å². The molecule has 0 aliphatic carbocycles. The molecule has 1 aliphatic heterocycles. The summed E-state index contributed by atoms with van der Waals surface area (Å²) in [7, 11) is 0. The largest absolute Gasteiger partial charge is 0.244 e. The van der Waals surface area contributed by atoms with E-state index in [0.29, 0.717) is 0 Å². The predicted octanol–water partition coefficient (Wildman–Crippen LogP) is 4.02. The van der Waals surface area contributed by atoms with Gasteiger partial charge in [0.25, 0.3) is 0 Å². The molecule has 2 heterocycles. The van der Waals surface area contributed by atoms with E-state index in [2.05, 4.69) is 36.2 Å². The van der Waals surface area contributed by atoms with Crippen molar-refractivity contribution in [1.82, 2.24) is 4.98 Å². The van der Waals surface area contributed by atoms with Gasteiger partial charge in [0.15, 0.2) is 0 Å². The van der Waals surface area contributed by atoms with Crippen molar-refractivity contribution in [2.24, 2.45) is 0 Å². The normalized spacial score (nSPS) is 18.8. The molecule has 4 heteroatoms. The van der Waals surface area contributed by atoms with E-state index in [4.69, 9.17) is 12.2 Å². The van der Waals surface area contributed by atoms with Crippen LogP contribution < -0.4 is 0 Å². The maximum atomic E-state index is 5.45. The van der Waals surface area contributed by atoms with Crippen LogP contribution in [0.2, 0.25) is 0 Å². The van der Waals surface area contributed by atoms with Crippen molar-refractivity contribution in [1.29, 1.82) is 0 Å². The van der Waals surface area contributed by atoms with Crippen LogP contribution >= 0.6 is 35.3 Å². The molecule has 1 unspecified atom stereocenters. The molecular weight excluding hydrogens is 254 g/mol. The number of thiocarbonyl (C=S) groups is 1. The molecule has 80 valence electrons. The number of aryl methyl sites for hydroxylation is 1. The zero-order valence-electron chi connectivity index (χ0n) is 8.64. The molecular formula is C12H9NS3. The average Bonchev–Trinajstić information content (AvgIpc) is 2.74. The molecule has 0 bridgehead atoms. The van der Waals surface area contributed by atoms with Crippen LogP contribution in [0.1, 0.15) is 22.2 Å². The number of hydrogen-bond donors (Lipinski definition) is 0. The second-order valence-electron chi connectivity index (χ2n) is 3.67. The summed E-state index contributed by atoms with van der Waals surface area (Å²) in [5.74, 6) is 0.209. The number of thiazole rings is 1. The summed E-state index contributed by atoms with van der Waals surface area (Å²) in [5, 5.41) is 1.13. The lowest BCUT2D eigenvalue weighted by Gasteiger charge is -2.08. The number of aromatic nitrogens is 1. The average molecular weight is 263 g/mol. The van der Waals surface area contributed by atoms with Gasteiger partial charge in [0.2, 0.25) is 0 Å². The number of hydrogen-bond acceptors (Lipinski definition) is 4. The van der Waals surface area contributed by atoms with E-state index in [0.717, 1.165) is 14.9 Å². The van der Waals surface area contributed by atoms with Crippen LogP contribution in [0.25, 0.3) is 0 Å². The molecule has 1 aliphatic rings. The Balaban J connectivity index is 2.11. The zero-order chi connectivity index (χ0) is 11.1. The molecule has 0 radical (unpaired) electrons. The molecule has 1 atom stereocenters. The van der Waals surface area contributed by atoms with Crippen molar-refractivity contribution >= 4 is 39.5 Å². The minimum atomic E-state index is 0.209. The lowest BCUT2D eigenvalue weighted by atomic mass is 9.99. The monoisotopic (exact) mass is 263 g/mol. The molecule has 0 spiro atoms. The Bertz CT molecular complexity index is 545. The van der Waals surface area contributed by atoms with Crippen LogP contribution in [0.15, 0.2) is 34.5 Å². The zero-order valence-corrected chi connectivity index (χ0v) is 11.1. The fourth-order valence-electron chi connectivity index (χ4n) is 1.88. The topological polar surface area (TPSA) is 12.9 Å². The molecule has 0 amide bonds. The SMILES string of the molecule is Cc1nc2c(s1)SC(=S)C2c1ccccc1. The van der Waals surface area contributed by atoms with Crippen molar-refractivity contribution in [3.05, 3.63) is 46.6 Å². The second kappa shape index (κ2) is 3.95. The van der Waals surface area contributed by atoms with Gasteiger partial charge in [0.05, 0.1) is 25.0 Å². The summed E-state index contributed by atoms with van der Waals surface area (Å²) in [6.45, 7) is 2.05. The fourth-order valence-corrected chi connectivity index (χ4v) is 4.83. The van der Waals surface area contributed by atoms with Crippen LogP contribution in [-0.2, 0) is 0 Å². The van der Waals surface area contributed by atoms with E-state index >= 15 is 0 Å². The van der Waals surface area contributed by atoms with Gasteiger partial charge in [-0.1, -0.05) is 54.3 Å². The summed E-state index contributed by atoms with van der Waals surface area (Å²) in [6, 6.07) is 10.4. The highest BCUT2D eigenvalue weighted by atomic mass is 32.2. The van der Waals surface area contributed by atoms with Crippen LogP contribution in [0.5, 0.6) is 0 Å². The smallest absolute Gasteiger partial charge is 0.0909 e. The summed E-state index contributed by atoms with van der Waals surface area (Å²) in [5.41, 5.74) is 2.41. The molecule has 1 aromatic carbocycles. The molecule has 16 heavy (non-hydrogen) atoms. The number of rotatable bonds is 1. The molecule has 0 saturated heterocycles. The quantitative estimate of drug-likeness (QED) is 0.721. The highest BCUT2D eigenvalue weighted by Gasteiger charge is 2.33. The maximum Gasteiger partial charge on any atom is 0.0909 e. The molecule has 0 saturated carbocycles. The lowest BCUT2D eigenvalue weighted by Crippen LogP contribution is -2.04. The molecule has 0 fully saturated rings. The van der Waals surface area contributed by atoms with Gasteiger partial charge in [-0.25, -0.2) is 4.98 Å². The minimum absolute atomic E-state index is 0.209. The van der Waals surface area contributed by atoms with E-state index in [9.17, 15) is 0 Å². The van der Waals surface area contributed by atoms with Crippen molar-refractivity contribution in [2.75, 3.05) is 0 Å². The first-order chi connectivity index (χ1) is 7.75. The number of fused-ring (bicyclic) bond motifs is 1. The third-order valence-electron chi connectivity index (χ3n) is 2.56. The first kappa shape index (κ1) is 10.4. The Morgan fingerprint density at radius 2 is 2.00 bits per heavy atom. The highest BCUT2D eigenvalue weighted by Crippen LogP contribution is 2.47. The van der Waals surface area contributed by atoms with Gasteiger partial charge >= 0.3 is 0 Å². The van der Waals surface area contributed by atoms with E-state index in [1.807, 2.05) is 6.07 Å². The Hall–Kier alpha value is -0.710. The van der Waals surface area contributed by atoms with Gasteiger partial charge in [-0.3, -0.25) is 0 Å². The first-order valence-corrected chi connectivity index (χ1v) is 7.04. The molecule has 1 nitrogen and oxygen atoms in total. The van der Waals surface area contributed by atoms with Crippen LogP contribution in [0, 0.1) is 6.92 Å². The summed E-state index contributed by atoms with van der Waals surface area (Å²) >= 11 is 8.90. The Kier molecular flexibility index (Phi) is 2.58. The van der Waals surface area contributed by atoms with Gasteiger partial charge in [0, 0.05) is 0 Å². The molecule has 1 aromatic heterocycles. The Morgan fingerprint density at radius 3 is 2.75 bits per heavy atom. The predicted molar refractivity (Wildman–Crippen MR) is 73.6 cm³/mol. The summed E-state index contributed by atoms with van der Waals surface area (Å²) in [4.78, 5) is 4.61. The molecule has 0 N–H and O–H groups in total. The Labute approximate surface area is 108 Å². The number of nitrogens with zero attached hydrogens (tertiary/aromatic N) is 1. The minimum Gasteiger partial charge on any atom is -0.244 e. The standard InChI is InChI=1S/C12H9NS3/c1-7-13-10-9(8-5-3-2-4-6-8)11(14)16-12(10)15-7/h2-6,9H,1H3. The summed E-state index contributed by atoms with van der Waals surface area (Å²) < 4.78 is 2.30. The first-order valence-electron chi connectivity index (χ1n) is 4.99. The fraction of sp³-hybridized carbons (Fsp3) is 0.167. The van der Waals surface area contributed by atoms with Crippen LogP contribution in [-0.4, -0.2) is 9.18 Å². The van der Waals surface area contributed by atoms with Crippen molar-refractivity contribution < 1.29 is 0 Å². The van der Waals surface area contributed by atoms with Gasteiger partial charge in [-0.2, -0.15) is 0 Å². The van der Waals surface area contributed by atoms with Crippen molar-refractivity contribution in [3.8, 4) is 0 Å². The highest BCUT2D eigenvalue weighted by molar-refractivity contribution is 8.24. The van der Waals surface area contributed by atoms with Gasteiger partial charge in [-0.15, -0.1) is 11.3 Å². The molecule has 3 rings (SSSR count). The number of thioether (sulfide) groups is 1. The van der Waals surface area contributed by atoms with Gasteiger partial charge in [0.1, 0.15) is 0 Å². The Morgan fingerprint density at radius 1 is 1.25 bits per heavy atom. The van der Waals surface area contributed by atoms with E-state index in [1.54, 1.807) is 23.1 Å².